The van der Waals surface area contributed by atoms with Gasteiger partial charge in [-0.15, -0.1) is 0 Å². The average Bonchev–Trinajstić information content (AvgIpc) is 2.80. The normalized spacial score (nSPS) is 28.1. The minimum atomic E-state index is -1.86. The number of rotatable bonds is 4. The first kappa shape index (κ1) is 17.3. The van der Waals surface area contributed by atoms with Crippen LogP contribution in [0.5, 0.6) is 0 Å². The number of hydrogen-bond acceptors (Lipinski definition) is 5. The van der Waals surface area contributed by atoms with E-state index in [4.69, 9.17) is 4.74 Å². The number of ether oxygens (including phenoxy) is 1. The number of carbonyl (C=O) groups is 1. The van der Waals surface area contributed by atoms with E-state index >= 15 is 0 Å². The van der Waals surface area contributed by atoms with E-state index in [-0.39, 0.29) is 12.2 Å². The molecule has 1 heterocycles. The Hall–Kier alpha value is -1.06. The van der Waals surface area contributed by atoms with Crippen molar-refractivity contribution in [3.05, 3.63) is 34.1 Å². The van der Waals surface area contributed by atoms with Crippen molar-refractivity contribution in [1.82, 2.24) is 5.32 Å². The van der Waals surface area contributed by atoms with Crippen molar-refractivity contribution < 1.29 is 29.2 Å². The molecule has 2 rings (SSSR count). The Kier molecular flexibility index (Phi) is 5.18. The van der Waals surface area contributed by atoms with Gasteiger partial charge in [0.25, 0.3) is 0 Å². The molecule has 3 atom stereocenters. The maximum absolute atomic E-state index is 14.3. The summed E-state index contributed by atoms with van der Waals surface area (Å²) >= 11 is 3.24. The summed E-state index contributed by atoms with van der Waals surface area (Å²) in [5, 5.41) is 31.1. The van der Waals surface area contributed by atoms with E-state index in [1.165, 1.54) is 25.1 Å². The van der Waals surface area contributed by atoms with Crippen LogP contribution in [-0.4, -0.2) is 46.8 Å². The summed E-state index contributed by atoms with van der Waals surface area (Å²) < 4.78 is 20.2. The molecule has 1 aliphatic rings. The Labute approximate surface area is 135 Å². The number of aliphatic hydroxyl groups excluding tert-OH is 2. The number of halogens is 2. The zero-order chi connectivity index (χ0) is 16.5. The summed E-state index contributed by atoms with van der Waals surface area (Å²) in [6.07, 6.45) is -3.00. The SMILES string of the molecule is CC(=O)N[C@@]1(c2cc(Br)ccc2F)COC(C(O)O)[C@H]1CO. The zero-order valence-corrected chi connectivity index (χ0v) is 13.4. The molecule has 0 saturated carbocycles. The van der Waals surface area contributed by atoms with Gasteiger partial charge in [-0.1, -0.05) is 15.9 Å². The molecule has 8 heteroatoms. The van der Waals surface area contributed by atoms with Crippen LogP contribution in [0.2, 0.25) is 0 Å². The van der Waals surface area contributed by atoms with Crippen molar-refractivity contribution in [2.45, 2.75) is 24.9 Å². The summed E-state index contributed by atoms with van der Waals surface area (Å²) in [7, 11) is 0. The highest BCUT2D eigenvalue weighted by Crippen LogP contribution is 2.42. The summed E-state index contributed by atoms with van der Waals surface area (Å²) in [5.74, 6) is -1.96. The van der Waals surface area contributed by atoms with Crippen molar-refractivity contribution in [1.29, 1.82) is 0 Å². The fourth-order valence-corrected chi connectivity index (χ4v) is 3.27. The molecule has 0 radical (unpaired) electrons. The number of carbonyl (C=O) groups excluding carboxylic acids is 1. The van der Waals surface area contributed by atoms with Gasteiger partial charge in [0.05, 0.1) is 18.8 Å². The van der Waals surface area contributed by atoms with Gasteiger partial charge in [0.2, 0.25) is 5.91 Å². The number of nitrogens with one attached hydrogen (secondary N) is 1. The molecular formula is C14H17BrFNO5. The smallest absolute Gasteiger partial charge is 0.217 e. The molecule has 4 N–H and O–H groups in total. The van der Waals surface area contributed by atoms with Crippen LogP contribution in [0.25, 0.3) is 0 Å². The monoisotopic (exact) mass is 377 g/mol. The maximum atomic E-state index is 14.3. The average molecular weight is 378 g/mol. The van der Waals surface area contributed by atoms with Crippen molar-refractivity contribution in [3.8, 4) is 0 Å². The molecule has 1 fully saturated rings. The summed E-state index contributed by atoms with van der Waals surface area (Å²) in [4.78, 5) is 11.6. The van der Waals surface area contributed by atoms with Gasteiger partial charge in [0.15, 0.2) is 6.29 Å². The lowest BCUT2D eigenvalue weighted by Crippen LogP contribution is -2.54. The van der Waals surface area contributed by atoms with Crippen LogP contribution in [0.3, 0.4) is 0 Å². The Bertz CT molecular complexity index is 570. The molecule has 1 unspecified atom stereocenters. The largest absolute Gasteiger partial charge is 0.396 e. The molecule has 0 aromatic heterocycles. The lowest BCUT2D eigenvalue weighted by atomic mass is 9.77. The molecular weight excluding hydrogens is 361 g/mol. The number of aliphatic hydroxyl groups is 3. The first-order valence-electron chi connectivity index (χ1n) is 6.64. The second kappa shape index (κ2) is 6.59. The van der Waals surface area contributed by atoms with Crippen LogP contribution in [0.4, 0.5) is 4.39 Å². The van der Waals surface area contributed by atoms with Crippen molar-refractivity contribution in [2.24, 2.45) is 5.92 Å². The van der Waals surface area contributed by atoms with Gasteiger partial charge in [-0.2, -0.15) is 0 Å². The topological polar surface area (TPSA) is 99.0 Å². The van der Waals surface area contributed by atoms with Crippen molar-refractivity contribution in [2.75, 3.05) is 13.2 Å². The third-order valence-electron chi connectivity index (χ3n) is 3.83. The molecule has 0 spiro atoms. The molecule has 1 aromatic carbocycles. The molecule has 122 valence electrons. The quantitative estimate of drug-likeness (QED) is 0.563. The van der Waals surface area contributed by atoms with E-state index < -0.39 is 42.2 Å². The fraction of sp³-hybridized carbons (Fsp3) is 0.500. The van der Waals surface area contributed by atoms with Crippen LogP contribution < -0.4 is 5.32 Å². The Morgan fingerprint density at radius 1 is 1.59 bits per heavy atom. The first-order chi connectivity index (χ1) is 10.3. The van der Waals surface area contributed by atoms with Gasteiger partial charge in [0, 0.05) is 22.9 Å². The van der Waals surface area contributed by atoms with Gasteiger partial charge in [-0.25, -0.2) is 4.39 Å². The van der Waals surface area contributed by atoms with Gasteiger partial charge >= 0.3 is 0 Å². The third kappa shape index (κ3) is 3.02. The van der Waals surface area contributed by atoms with E-state index in [1.807, 2.05) is 0 Å². The Morgan fingerprint density at radius 2 is 2.27 bits per heavy atom. The Balaban J connectivity index is 2.58. The number of amides is 1. The Morgan fingerprint density at radius 3 is 2.82 bits per heavy atom. The third-order valence-corrected chi connectivity index (χ3v) is 4.32. The standard InChI is InChI=1S/C14H17BrFNO5/c1-7(19)17-14(9-4-8(15)2-3-11(9)16)6-22-12(13(20)21)10(14)5-18/h2-4,10,12-13,18,20-21H,5-6H2,1H3,(H,17,19)/t10-,12?,14-/m1/s1. The molecule has 0 aliphatic carbocycles. The van der Waals surface area contributed by atoms with Gasteiger partial charge in [0.1, 0.15) is 11.9 Å². The second-order valence-electron chi connectivity index (χ2n) is 5.26. The van der Waals surface area contributed by atoms with Gasteiger partial charge < -0.3 is 25.4 Å². The van der Waals surface area contributed by atoms with Gasteiger partial charge in [-0.3, -0.25) is 4.79 Å². The lowest BCUT2D eigenvalue weighted by molar-refractivity contribution is -0.143. The summed E-state index contributed by atoms with van der Waals surface area (Å²) in [5.41, 5.74) is -1.28. The van der Waals surface area contributed by atoms with Crippen LogP contribution in [-0.2, 0) is 15.1 Å². The van der Waals surface area contributed by atoms with Crippen LogP contribution >= 0.6 is 15.9 Å². The van der Waals surface area contributed by atoms with E-state index in [9.17, 15) is 24.5 Å². The predicted octanol–water partition coefficient (Wildman–Crippen LogP) is 0.238. The van der Waals surface area contributed by atoms with E-state index in [2.05, 4.69) is 21.2 Å². The van der Waals surface area contributed by atoms with Crippen LogP contribution in [0, 0.1) is 11.7 Å². The van der Waals surface area contributed by atoms with Crippen LogP contribution in [0.1, 0.15) is 12.5 Å². The van der Waals surface area contributed by atoms with E-state index in [0.29, 0.717) is 4.47 Å². The lowest BCUT2D eigenvalue weighted by Gasteiger charge is -2.36. The molecule has 1 saturated heterocycles. The first-order valence-corrected chi connectivity index (χ1v) is 7.44. The summed E-state index contributed by atoms with van der Waals surface area (Å²) in [6.45, 7) is 0.552. The summed E-state index contributed by atoms with van der Waals surface area (Å²) in [6, 6.07) is 4.20. The molecule has 1 aliphatic heterocycles. The van der Waals surface area contributed by atoms with Crippen LogP contribution in [0.15, 0.2) is 22.7 Å². The highest BCUT2D eigenvalue weighted by atomic mass is 79.9. The van der Waals surface area contributed by atoms with Gasteiger partial charge in [-0.05, 0) is 18.2 Å². The highest BCUT2D eigenvalue weighted by Gasteiger charge is 2.54. The fourth-order valence-electron chi connectivity index (χ4n) is 2.91. The zero-order valence-electron chi connectivity index (χ0n) is 11.8. The van der Waals surface area contributed by atoms with Crippen molar-refractivity contribution in [3.63, 3.8) is 0 Å². The minimum absolute atomic E-state index is 0.110. The predicted molar refractivity (Wildman–Crippen MR) is 78.1 cm³/mol. The van der Waals surface area contributed by atoms with E-state index in [1.54, 1.807) is 0 Å². The molecule has 22 heavy (non-hydrogen) atoms. The molecule has 0 bridgehead atoms. The second-order valence-corrected chi connectivity index (χ2v) is 6.17. The minimum Gasteiger partial charge on any atom is -0.396 e. The highest BCUT2D eigenvalue weighted by molar-refractivity contribution is 9.10. The maximum Gasteiger partial charge on any atom is 0.217 e. The number of hydrogen-bond donors (Lipinski definition) is 4. The van der Waals surface area contributed by atoms with Crippen molar-refractivity contribution >= 4 is 21.8 Å². The molecule has 6 nitrogen and oxygen atoms in total. The van der Waals surface area contributed by atoms with E-state index in [0.717, 1.165) is 0 Å². The molecule has 1 amide bonds. The number of benzene rings is 1. The molecule has 1 aromatic rings.